The zero-order chi connectivity index (χ0) is 13.5. The molecule has 1 amide bonds. The predicted octanol–water partition coefficient (Wildman–Crippen LogP) is 1.15. The van der Waals surface area contributed by atoms with Crippen LogP contribution in [0.15, 0.2) is 18.2 Å². The number of aliphatic hydroxyl groups is 1. The molecule has 0 saturated carbocycles. The summed E-state index contributed by atoms with van der Waals surface area (Å²) in [5.41, 5.74) is -0.450. The molecule has 1 rings (SSSR count). The second-order valence-electron chi connectivity index (χ2n) is 3.59. The van der Waals surface area contributed by atoms with Crippen LogP contribution in [0.2, 0.25) is 0 Å². The first kappa shape index (κ1) is 14.5. The number of rotatable bonds is 6. The largest absolute Gasteiger partial charge is 0.386 e. The van der Waals surface area contributed by atoms with Crippen LogP contribution < -0.4 is 5.32 Å². The smallest absolute Gasteiger partial charge is 0.246 e. The summed E-state index contributed by atoms with van der Waals surface area (Å²) in [5, 5.41) is 11.9. The van der Waals surface area contributed by atoms with Gasteiger partial charge in [-0.1, -0.05) is 6.07 Å². The Morgan fingerprint density at radius 1 is 1.44 bits per heavy atom. The molecule has 0 aliphatic heterocycles. The molecule has 6 heteroatoms. The summed E-state index contributed by atoms with van der Waals surface area (Å²) in [6.45, 7) is 1.70. The Morgan fingerprint density at radius 2 is 2.06 bits per heavy atom. The zero-order valence-corrected chi connectivity index (χ0v) is 9.95. The first-order valence-corrected chi connectivity index (χ1v) is 5.52. The third-order valence-electron chi connectivity index (χ3n) is 2.26. The number of halogens is 2. The topological polar surface area (TPSA) is 58.6 Å². The third kappa shape index (κ3) is 4.05. The number of ether oxygens (including phenoxy) is 1. The highest BCUT2D eigenvalue weighted by Gasteiger charge is 2.18. The molecule has 0 bridgehead atoms. The van der Waals surface area contributed by atoms with E-state index in [-0.39, 0.29) is 13.2 Å². The van der Waals surface area contributed by atoms with Crippen LogP contribution in [0.5, 0.6) is 0 Å². The summed E-state index contributed by atoms with van der Waals surface area (Å²) < 4.78 is 31.4. The second-order valence-corrected chi connectivity index (χ2v) is 3.59. The van der Waals surface area contributed by atoms with Crippen LogP contribution >= 0.6 is 0 Å². The minimum Gasteiger partial charge on any atom is -0.386 e. The number of hydrogen-bond acceptors (Lipinski definition) is 3. The fourth-order valence-corrected chi connectivity index (χ4v) is 1.39. The Morgan fingerprint density at radius 3 is 2.61 bits per heavy atom. The lowest BCUT2D eigenvalue weighted by Gasteiger charge is -2.13. The second kappa shape index (κ2) is 7.03. The monoisotopic (exact) mass is 259 g/mol. The van der Waals surface area contributed by atoms with Crippen molar-refractivity contribution >= 4 is 5.91 Å². The number of carbonyl (C=O) groups is 1. The molecule has 0 aromatic heterocycles. The summed E-state index contributed by atoms with van der Waals surface area (Å²) in [6, 6.07) is 3.29. The van der Waals surface area contributed by atoms with Gasteiger partial charge in [-0.2, -0.15) is 0 Å². The van der Waals surface area contributed by atoms with Gasteiger partial charge in [-0.25, -0.2) is 8.78 Å². The van der Waals surface area contributed by atoms with Crippen LogP contribution in [0.3, 0.4) is 0 Å². The molecule has 4 nitrogen and oxygen atoms in total. The summed E-state index contributed by atoms with van der Waals surface area (Å²) in [5.74, 6) is -2.14. The predicted molar refractivity (Wildman–Crippen MR) is 60.8 cm³/mol. The Kier molecular flexibility index (Phi) is 5.67. The maximum atomic E-state index is 13.3. The van der Waals surface area contributed by atoms with E-state index in [4.69, 9.17) is 4.74 Å². The summed E-state index contributed by atoms with van der Waals surface area (Å²) in [4.78, 5) is 11.2. The Hall–Kier alpha value is -1.53. The fourth-order valence-electron chi connectivity index (χ4n) is 1.39. The van der Waals surface area contributed by atoms with E-state index in [1.165, 1.54) is 6.07 Å². The Labute approximate surface area is 104 Å². The van der Waals surface area contributed by atoms with Gasteiger partial charge in [-0.05, 0) is 19.1 Å². The lowest BCUT2D eigenvalue weighted by Crippen LogP contribution is -2.32. The minimum atomic E-state index is -1.43. The van der Waals surface area contributed by atoms with E-state index < -0.39 is 29.2 Å². The van der Waals surface area contributed by atoms with Gasteiger partial charge in [-0.3, -0.25) is 4.79 Å². The molecule has 2 N–H and O–H groups in total. The van der Waals surface area contributed by atoms with E-state index in [0.29, 0.717) is 6.61 Å². The first-order chi connectivity index (χ1) is 8.56. The molecule has 1 atom stereocenters. The van der Waals surface area contributed by atoms with Crippen LogP contribution in [0.4, 0.5) is 8.78 Å². The molecule has 0 heterocycles. The van der Waals surface area contributed by atoms with Gasteiger partial charge in [-0.15, -0.1) is 0 Å². The van der Waals surface area contributed by atoms with Gasteiger partial charge in [0.05, 0.1) is 5.56 Å². The van der Waals surface area contributed by atoms with Crippen molar-refractivity contribution in [2.45, 2.75) is 13.0 Å². The van der Waals surface area contributed by atoms with Gasteiger partial charge in [0.15, 0.2) is 0 Å². The highest BCUT2D eigenvalue weighted by Crippen LogP contribution is 2.19. The minimum absolute atomic E-state index is 0.150. The number of nitrogens with one attached hydrogen (secondary N) is 1. The van der Waals surface area contributed by atoms with Gasteiger partial charge in [0, 0.05) is 13.2 Å². The highest BCUT2D eigenvalue weighted by molar-refractivity contribution is 5.77. The average molecular weight is 259 g/mol. The lowest BCUT2D eigenvalue weighted by molar-refractivity contribution is -0.126. The number of aliphatic hydroxyl groups excluding tert-OH is 1. The third-order valence-corrected chi connectivity index (χ3v) is 2.26. The van der Waals surface area contributed by atoms with Crippen molar-refractivity contribution < 1.29 is 23.4 Å². The summed E-state index contributed by atoms with van der Waals surface area (Å²) >= 11 is 0. The molecule has 1 unspecified atom stereocenters. The van der Waals surface area contributed by atoms with E-state index >= 15 is 0 Å². The molecule has 100 valence electrons. The van der Waals surface area contributed by atoms with E-state index in [1.807, 2.05) is 0 Å². The van der Waals surface area contributed by atoms with Crippen LogP contribution in [0, 0.1) is 11.6 Å². The van der Waals surface area contributed by atoms with Gasteiger partial charge in [0.1, 0.15) is 24.3 Å². The standard InChI is InChI=1S/C12H15F2NO3/c1-2-18-7-11(17)15-6-10(16)12-8(13)4-3-5-9(12)14/h3-5,10,16H,2,6-7H2,1H3,(H,15,17). The van der Waals surface area contributed by atoms with Crippen LogP contribution in [0.1, 0.15) is 18.6 Å². The van der Waals surface area contributed by atoms with Crippen LogP contribution in [0.25, 0.3) is 0 Å². The maximum absolute atomic E-state index is 13.3. The van der Waals surface area contributed by atoms with Crippen molar-refractivity contribution in [3.05, 3.63) is 35.4 Å². The maximum Gasteiger partial charge on any atom is 0.246 e. The molecule has 0 aliphatic rings. The fraction of sp³-hybridized carbons (Fsp3) is 0.417. The molecule has 0 saturated heterocycles. The molecular formula is C12H15F2NO3. The van der Waals surface area contributed by atoms with Gasteiger partial charge < -0.3 is 15.2 Å². The van der Waals surface area contributed by atoms with Gasteiger partial charge in [0.25, 0.3) is 0 Å². The van der Waals surface area contributed by atoms with Crippen molar-refractivity contribution in [2.24, 2.45) is 0 Å². The normalized spacial score (nSPS) is 12.2. The van der Waals surface area contributed by atoms with E-state index in [9.17, 15) is 18.7 Å². The molecular weight excluding hydrogens is 244 g/mol. The average Bonchev–Trinajstić information content (AvgIpc) is 2.33. The number of amides is 1. The van der Waals surface area contributed by atoms with Crippen molar-refractivity contribution in [1.29, 1.82) is 0 Å². The Bertz CT molecular complexity index is 392. The quantitative estimate of drug-likeness (QED) is 0.805. The SMILES string of the molecule is CCOCC(=O)NCC(O)c1c(F)cccc1F. The van der Waals surface area contributed by atoms with Crippen molar-refractivity contribution in [1.82, 2.24) is 5.32 Å². The summed E-state index contributed by atoms with van der Waals surface area (Å²) in [7, 11) is 0. The van der Waals surface area contributed by atoms with Crippen molar-refractivity contribution in [2.75, 3.05) is 19.8 Å². The number of hydrogen-bond donors (Lipinski definition) is 2. The first-order valence-electron chi connectivity index (χ1n) is 5.52. The molecule has 0 radical (unpaired) electrons. The molecule has 0 fully saturated rings. The van der Waals surface area contributed by atoms with Gasteiger partial charge in [0.2, 0.25) is 5.91 Å². The summed E-state index contributed by atoms with van der Waals surface area (Å²) in [6.07, 6.45) is -1.43. The molecule has 1 aromatic rings. The molecule has 1 aromatic carbocycles. The molecule has 0 aliphatic carbocycles. The van der Waals surface area contributed by atoms with Crippen molar-refractivity contribution in [3.63, 3.8) is 0 Å². The van der Waals surface area contributed by atoms with E-state index in [0.717, 1.165) is 12.1 Å². The lowest BCUT2D eigenvalue weighted by atomic mass is 10.1. The van der Waals surface area contributed by atoms with Crippen LogP contribution in [-0.2, 0) is 9.53 Å². The highest BCUT2D eigenvalue weighted by atomic mass is 19.1. The number of benzene rings is 1. The van der Waals surface area contributed by atoms with Gasteiger partial charge >= 0.3 is 0 Å². The van der Waals surface area contributed by atoms with Crippen LogP contribution in [-0.4, -0.2) is 30.8 Å². The Balaban J connectivity index is 2.55. The number of carbonyl (C=O) groups excluding carboxylic acids is 1. The van der Waals surface area contributed by atoms with E-state index in [2.05, 4.69) is 5.32 Å². The molecule has 18 heavy (non-hydrogen) atoms. The van der Waals surface area contributed by atoms with Crippen molar-refractivity contribution in [3.8, 4) is 0 Å². The molecule has 0 spiro atoms. The zero-order valence-electron chi connectivity index (χ0n) is 9.95. The van der Waals surface area contributed by atoms with E-state index in [1.54, 1.807) is 6.92 Å².